The molecule has 8 heteroatoms. The first kappa shape index (κ1) is 21.2. The van der Waals surface area contributed by atoms with E-state index in [1.165, 1.54) is 24.1 Å². The van der Waals surface area contributed by atoms with Crippen LogP contribution in [-0.4, -0.2) is 29.6 Å². The lowest BCUT2D eigenvalue weighted by molar-refractivity contribution is -0.149. The Balaban J connectivity index is 1.62. The van der Waals surface area contributed by atoms with Crippen LogP contribution in [0.15, 0.2) is 59.7 Å². The van der Waals surface area contributed by atoms with Crippen molar-refractivity contribution in [2.75, 3.05) is 5.01 Å². The Bertz CT molecular complexity index is 960. The number of carbonyl (C=O) groups is 3. The Morgan fingerprint density at radius 1 is 1.07 bits per heavy atom. The van der Waals surface area contributed by atoms with Crippen LogP contribution in [0.4, 0.5) is 10.1 Å². The van der Waals surface area contributed by atoms with Crippen molar-refractivity contribution in [3.63, 3.8) is 0 Å². The lowest BCUT2D eigenvalue weighted by atomic mass is 10.1. The largest absolute Gasteiger partial charge is 0.448 e. The average Bonchev–Trinajstić information content (AvgIpc) is 2.75. The van der Waals surface area contributed by atoms with E-state index in [1.54, 1.807) is 43.3 Å². The summed E-state index contributed by atoms with van der Waals surface area (Å²) in [6.07, 6.45) is -0.808. The number of hydrogen-bond acceptors (Lipinski definition) is 5. The summed E-state index contributed by atoms with van der Waals surface area (Å²) in [7, 11) is 0. The van der Waals surface area contributed by atoms with Gasteiger partial charge in [-0.15, -0.1) is 0 Å². The minimum atomic E-state index is -1.06. The van der Waals surface area contributed by atoms with Crippen molar-refractivity contribution in [3.8, 4) is 0 Å². The average molecular weight is 411 g/mol. The molecule has 1 heterocycles. The molecule has 1 aliphatic rings. The van der Waals surface area contributed by atoms with Gasteiger partial charge in [0.15, 0.2) is 6.10 Å². The zero-order valence-electron chi connectivity index (χ0n) is 16.7. The maximum absolute atomic E-state index is 13.0. The first-order valence-corrected chi connectivity index (χ1v) is 9.57. The molecule has 0 aromatic heterocycles. The molecule has 7 nitrogen and oxygen atoms in total. The van der Waals surface area contributed by atoms with Gasteiger partial charge in [0, 0.05) is 12.8 Å². The van der Waals surface area contributed by atoms with Crippen LogP contribution in [0.1, 0.15) is 38.3 Å². The number of esters is 1. The van der Waals surface area contributed by atoms with Crippen LogP contribution in [0.2, 0.25) is 0 Å². The van der Waals surface area contributed by atoms with Gasteiger partial charge in [0.25, 0.3) is 5.91 Å². The number of nitrogens with one attached hydrogen (secondary N) is 1. The topological polar surface area (TPSA) is 88.1 Å². The molecule has 2 aromatic carbocycles. The van der Waals surface area contributed by atoms with E-state index in [0.29, 0.717) is 5.69 Å². The van der Waals surface area contributed by atoms with Gasteiger partial charge in [-0.05, 0) is 43.7 Å². The lowest BCUT2D eigenvalue weighted by Crippen LogP contribution is -2.40. The standard InChI is InChI=1S/C22H22FN3O4/c1-14(16-8-10-17(23)11-9-16)24-21(28)15(2)30-22(29)19-12-13-20(27)26(25-19)18-6-4-3-5-7-18/h3-11,14-15H,12-13H2,1-2H3,(H,24,28). The molecule has 0 saturated heterocycles. The minimum absolute atomic E-state index is 0.0738. The van der Waals surface area contributed by atoms with Crippen molar-refractivity contribution in [1.82, 2.24) is 5.32 Å². The molecule has 30 heavy (non-hydrogen) atoms. The molecule has 2 unspecified atom stereocenters. The SMILES string of the molecule is CC(OC(=O)C1=NN(c2ccccc2)C(=O)CC1)C(=O)NC(C)c1ccc(F)cc1. The first-order valence-electron chi connectivity index (χ1n) is 9.57. The van der Waals surface area contributed by atoms with Gasteiger partial charge in [-0.25, -0.2) is 14.2 Å². The van der Waals surface area contributed by atoms with Gasteiger partial charge in [0.05, 0.1) is 11.7 Å². The number of nitrogens with zero attached hydrogens (tertiary/aromatic N) is 2. The predicted octanol–water partition coefficient (Wildman–Crippen LogP) is 3.12. The summed E-state index contributed by atoms with van der Waals surface area (Å²) in [5.74, 6) is -1.83. The lowest BCUT2D eigenvalue weighted by Gasteiger charge is -2.23. The Morgan fingerprint density at radius 3 is 2.40 bits per heavy atom. The van der Waals surface area contributed by atoms with Gasteiger partial charge in [-0.1, -0.05) is 30.3 Å². The van der Waals surface area contributed by atoms with Crippen LogP contribution in [0, 0.1) is 5.82 Å². The van der Waals surface area contributed by atoms with Gasteiger partial charge in [-0.2, -0.15) is 5.10 Å². The van der Waals surface area contributed by atoms with Gasteiger partial charge in [0.1, 0.15) is 11.5 Å². The molecule has 3 rings (SSSR count). The molecule has 0 bridgehead atoms. The monoisotopic (exact) mass is 411 g/mol. The van der Waals surface area contributed by atoms with E-state index in [4.69, 9.17) is 4.74 Å². The second kappa shape index (κ2) is 9.30. The number of amides is 2. The normalized spacial score (nSPS) is 15.8. The molecule has 0 aliphatic carbocycles. The molecular weight excluding hydrogens is 389 g/mol. The zero-order chi connectivity index (χ0) is 21.7. The summed E-state index contributed by atoms with van der Waals surface area (Å²) in [5, 5.41) is 8.01. The fourth-order valence-corrected chi connectivity index (χ4v) is 2.92. The van der Waals surface area contributed by atoms with E-state index < -0.39 is 24.0 Å². The van der Waals surface area contributed by atoms with Crippen molar-refractivity contribution >= 4 is 29.2 Å². The van der Waals surface area contributed by atoms with Crippen LogP contribution >= 0.6 is 0 Å². The molecule has 2 atom stereocenters. The fraction of sp³-hybridized carbons (Fsp3) is 0.273. The highest BCUT2D eigenvalue weighted by molar-refractivity contribution is 6.38. The molecule has 0 saturated carbocycles. The number of ether oxygens (including phenoxy) is 1. The third-order valence-electron chi connectivity index (χ3n) is 4.65. The Hall–Kier alpha value is -3.55. The molecule has 1 N–H and O–H groups in total. The predicted molar refractivity (Wildman–Crippen MR) is 109 cm³/mol. The van der Waals surface area contributed by atoms with Gasteiger partial charge in [-0.3, -0.25) is 9.59 Å². The number of para-hydroxylation sites is 1. The van der Waals surface area contributed by atoms with E-state index in [-0.39, 0.29) is 30.3 Å². The summed E-state index contributed by atoms with van der Waals surface area (Å²) < 4.78 is 18.3. The number of halogens is 1. The molecule has 2 amide bonds. The smallest absolute Gasteiger partial charge is 0.355 e. The summed E-state index contributed by atoms with van der Waals surface area (Å²) in [6.45, 7) is 3.20. The van der Waals surface area contributed by atoms with Crippen molar-refractivity contribution in [2.24, 2.45) is 5.10 Å². The van der Waals surface area contributed by atoms with Gasteiger partial charge >= 0.3 is 5.97 Å². The van der Waals surface area contributed by atoms with Crippen molar-refractivity contribution in [1.29, 1.82) is 0 Å². The van der Waals surface area contributed by atoms with E-state index >= 15 is 0 Å². The quantitative estimate of drug-likeness (QED) is 0.740. The molecular formula is C22H22FN3O4. The number of hydrazone groups is 1. The highest BCUT2D eigenvalue weighted by Crippen LogP contribution is 2.20. The highest BCUT2D eigenvalue weighted by Gasteiger charge is 2.29. The van der Waals surface area contributed by atoms with E-state index in [1.807, 2.05) is 6.07 Å². The maximum Gasteiger partial charge on any atom is 0.355 e. The minimum Gasteiger partial charge on any atom is -0.448 e. The number of carbonyl (C=O) groups excluding carboxylic acids is 3. The molecule has 0 fully saturated rings. The Morgan fingerprint density at radius 2 is 1.73 bits per heavy atom. The molecule has 2 aromatic rings. The van der Waals surface area contributed by atoms with Gasteiger partial charge < -0.3 is 10.1 Å². The van der Waals surface area contributed by atoms with Crippen LogP contribution in [0.3, 0.4) is 0 Å². The number of hydrogen-bond donors (Lipinski definition) is 1. The van der Waals surface area contributed by atoms with Crippen molar-refractivity contribution in [3.05, 3.63) is 66.0 Å². The van der Waals surface area contributed by atoms with Crippen molar-refractivity contribution in [2.45, 2.75) is 38.8 Å². The van der Waals surface area contributed by atoms with E-state index in [9.17, 15) is 18.8 Å². The number of anilines is 1. The second-order valence-electron chi connectivity index (χ2n) is 6.92. The summed E-state index contributed by atoms with van der Waals surface area (Å²) in [5.41, 5.74) is 1.34. The van der Waals surface area contributed by atoms with Crippen LogP contribution < -0.4 is 10.3 Å². The molecule has 156 valence electrons. The van der Waals surface area contributed by atoms with E-state index in [0.717, 1.165) is 5.56 Å². The van der Waals surface area contributed by atoms with Crippen LogP contribution in [-0.2, 0) is 19.1 Å². The Kier molecular flexibility index (Phi) is 6.56. The van der Waals surface area contributed by atoms with Crippen LogP contribution in [0.5, 0.6) is 0 Å². The molecule has 1 aliphatic heterocycles. The fourth-order valence-electron chi connectivity index (χ4n) is 2.92. The zero-order valence-corrected chi connectivity index (χ0v) is 16.7. The summed E-state index contributed by atoms with van der Waals surface area (Å²) >= 11 is 0. The van der Waals surface area contributed by atoms with Crippen LogP contribution in [0.25, 0.3) is 0 Å². The van der Waals surface area contributed by atoms with Crippen molar-refractivity contribution < 1.29 is 23.5 Å². The Labute approximate surface area is 173 Å². The number of benzene rings is 2. The summed E-state index contributed by atoms with van der Waals surface area (Å²) in [6, 6.07) is 14.1. The first-order chi connectivity index (χ1) is 14.3. The van der Waals surface area contributed by atoms with Gasteiger partial charge in [0.2, 0.25) is 5.91 Å². The maximum atomic E-state index is 13.0. The second-order valence-corrected chi connectivity index (χ2v) is 6.92. The molecule has 0 spiro atoms. The summed E-state index contributed by atoms with van der Waals surface area (Å²) in [4.78, 5) is 37.0. The molecule has 0 radical (unpaired) electrons. The number of rotatable bonds is 6. The highest BCUT2D eigenvalue weighted by atomic mass is 19.1. The van der Waals surface area contributed by atoms with E-state index in [2.05, 4.69) is 10.4 Å². The third kappa shape index (κ3) is 5.08. The third-order valence-corrected chi connectivity index (χ3v) is 4.65.